The van der Waals surface area contributed by atoms with Crippen molar-refractivity contribution in [1.29, 1.82) is 0 Å². The molecule has 2 rings (SSSR count). The van der Waals surface area contributed by atoms with E-state index >= 15 is 0 Å². The zero-order valence-corrected chi connectivity index (χ0v) is 11.3. The fraction of sp³-hybridized carbons (Fsp3) is 0.231. The van der Waals surface area contributed by atoms with E-state index in [0.29, 0.717) is 18.5 Å². The van der Waals surface area contributed by atoms with Crippen LogP contribution in [-0.2, 0) is 6.42 Å². The molecule has 0 aliphatic heterocycles. The van der Waals surface area contributed by atoms with Crippen LogP contribution in [0, 0.1) is 5.82 Å². The quantitative estimate of drug-likeness (QED) is 0.883. The Morgan fingerprint density at radius 2 is 2.32 bits per heavy atom. The zero-order chi connectivity index (χ0) is 13.7. The first kappa shape index (κ1) is 13.5. The first-order chi connectivity index (χ1) is 9.22. The largest absolute Gasteiger partial charge is 0.385 e. The second kappa shape index (κ2) is 6.29. The van der Waals surface area contributed by atoms with Gasteiger partial charge in [-0.2, -0.15) is 0 Å². The number of halogens is 1. The van der Waals surface area contributed by atoms with E-state index in [1.54, 1.807) is 30.6 Å². The van der Waals surface area contributed by atoms with Crippen molar-refractivity contribution in [2.24, 2.45) is 0 Å². The van der Waals surface area contributed by atoms with Crippen molar-refractivity contribution in [3.05, 3.63) is 46.2 Å². The number of amides is 1. The number of hydrogen-bond donors (Lipinski definition) is 2. The Bertz CT molecular complexity index is 557. The highest BCUT2D eigenvalue weighted by molar-refractivity contribution is 7.09. The minimum atomic E-state index is -0.435. The molecule has 2 aromatic rings. The van der Waals surface area contributed by atoms with E-state index in [-0.39, 0.29) is 11.6 Å². The second-order valence-corrected chi connectivity index (χ2v) is 4.82. The standard InChI is InChI=1S/C13H14FN3OS/c1-15-12-9(3-2-4-10(12)14)13(18)17-6-5-11-16-7-8-19-11/h2-4,7-8,15H,5-6H2,1H3,(H,17,18). The van der Waals surface area contributed by atoms with Gasteiger partial charge in [0.2, 0.25) is 0 Å². The van der Waals surface area contributed by atoms with Crippen molar-refractivity contribution in [3.63, 3.8) is 0 Å². The molecule has 0 saturated heterocycles. The van der Waals surface area contributed by atoms with E-state index in [4.69, 9.17) is 0 Å². The van der Waals surface area contributed by atoms with Gasteiger partial charge in [0.1, 0.15) is 5.82 Å². The van der Waals surface area contributed by atoms with Crippen molar-refractivity contribution >= 4 is 22.9 Å². The van der Waals surface area contributed by atoms with Crippen LogP contribution in [0.3, 0.4) is 0 Å². The molecule has 19 heavy (non-hydrogen) atoms. The molecule has 1 amide bonds. The van der Waals surface area contributed by atoms with Gasteiger partial charge in [-0.1, -0.05) is 6.07 Å². The summed E-state index contributed by atoms with van der Waals surface area (Å²) in [4.78, 5) is 16.1. The van der Waals surface area contributed by atoms with Gasteiger partial charge >= 0.3 is 0 Å². The van der Waals surface area contributed by atoms with Crippen molar-refractivity contribution < 1.29 is 9.18 Å². The zero-order valence-electron chi connectivity index (χ0n) is 10.4. The highest BCUT2D eigenvalue weighted by Gasteiger charge is 2.13. The molecule has 0 aliphatic carbocycles. The molecule has 0 fully saturated rings. The average Bonchev–Trinajstić information content (AvgIpc) is 2.91. The number of aromatic nitrogens is 1. The molecule has 0 aliphatic rings. The maximum Gasteiger partial charge on any atom is 0.253 e. The number of nitrogens with zero attached hydrogens (tertiary/aromatic N) is 1. The lowest BCUT2D eigenvalue weighted by atomic mass is 10.1. The topological polar surface area (TPSA) is 54.0 Å². The molecule has 0 atom stereocenters. The first-order valence-corrected chi connectivity index (χ1v) is 6.73. The molecule has 1 aromatic heterocycles. The summed E-state index contributed by atoms with van der Waals surface area (Å²) in [5.41, 5.74) is 0.524. The van der Waals surface area contributed by atoms with Crippen molar-refractivity contribution in [2.45, 2.75) is 6.42 Å². The van der Waals surface area contributed by atoms with Crippen LogP contribution < -0.4 is 10.6 Å². The Kier molecular flexibility index (Phi) is 4.46. The third-order valence-corrected chi connectivity index (χ3v) is 3.46. The van der Waals surface area contributed by atoms with Crippen molar-refractivity contribution in [3.8, 4) is 0 Å². The van der Waals surface area contributed by atoms with E-state index < -0.39 is 5.82 Å². The Balaban J connectivity index is 1.98. The molecule has 6 heteroatoms. The molecule has 1 aromatic carbocycles. The monoisotopic (exact) mass is 279 g/mol. The Labute approximate surface area is 114 Å². The molecule has 4 nitrogen and oxygen atoms in total. The minimum Gasteiger partial charge on any atom is -0.385 e. The molecule has 1 heterocycles. The predicted octanol–water partition coefficient (Wildman–Crippen LogP) is 2.30. The summed E-state index contributed by atoms with van der Waals surface area (Å²) in [6, 6.07) is 4.43. The lowest BCUT2D eigenvalue weighted by Gasteiger charge is -2.10. The lowest BCUT2D eigenvalue weighted by Crippen LogP contribution is -2.26. The van der Waals surface area contributed by atoms with Gasteiger partial charge in [0.15, 0.2) is 0 Å². The summed E-state index contributed by atoms with van der Waals surface area (Å²) in [7, 11) is 1.59. The number of rotatable bonds is 5. The van der Waals surface area contributed by atoms with Crippen LogP contribution in [0.2, 0.25) is 0 Å². The van der Waals surface area contributed by atoms with Crippen LogP contribution in [0.1, 0.15) is 15.4 Å². The molecular weight excluding hydrogens is 265 g/mol. The second-order valence-electron chi connectivity index (χ2n) is 3.84. The third-order valence-electron chi connectivity index (χ3n) is 2.62. The number of hydrogen-bond acceptors (Lipinski definition) is 4. The number of benzene rings is 1. The number of anilines is 1. The van der Waals surface area contributed by atoms with Gasteiger partial charge in [-0.3, -0.25) is 4.79 Å². The fourth-order valence-corrected chi connectivity index (χ4v) is 2.34. The molecule has 2 N–H and O–H groups in total. The summed E-state index contributed by atoms with van der Waals surface area (Å²) >= 11 is 1.55. The number of carbonyl (C=O) groups is 1. The van der Waals surface area contributed by atoms with Gasteiger partial charge in [-0.15, -0.1) is 11.3 Å². The van der Waals surface area contributed by atoms with E-state index in [2.05, 4.69) is 15.6 Å². The summed E-state index contributed by atoms with van der Waals surface area (Å²) in [6.07, 6.45) is 2.40. The normalized spacial score (nSPS) is 10.2. The van der Waals surface area contributed by atoms with Gasteiger partial charge in [-0.25, -0.2) is 9.37 Å². The minimum absolute atomic E-state index is 0.217. The van der Waals surface area contributed by atoms with E-state index in [0.717, 1.165) is 5.01 Å². The van der Waals surface area contributed by atoms with Gasteiger partial charge in [0.25, 0.3) is 5.91 Å². The number of para-hydroxylation sites is 1. The highest BCUT2D eigenvalue weighted by atomic mass is 32.1. The van der Waals surface area contributed by atoms with E-state index in [9.17, 15) is 9.18 Å². The molecule has 0 spiro atoms. The average molecular weight is 279 g/mol. The predicted molar refractivity (Wildman–Crippen MR) is 74.1 cm³/mol. The van der Waals surface area contributed by atoms with Crippen molar-refractivity contribution in [1.82, 2.24) is 10.3 Å². The SMILES string of the molecule is CNc1c(F)cccc1C(=O)NCCc1nccs1. The molecule has 100 valence electrons. The van der Waals surface area contributed by atoms with Crippen LogP contribution in [0.4, 0.5) is 10.1 Å². The third kappa shape index (κ3) is 3.29. The molecular formula is C13H14FN3OS. The number of thiazole rings is 1. The molecule has 0 unspecified atom stereocenters. The number of carbonyl (C=O) groups excluding carboxylic acids is 1. The maximum absolute atomic E-state index is 13.5. The Hall–Kier alpha value is -1.95. The van der Waals surface area contributed by atoms with Gasteiger partial charge in [0, 0.05) is 31.6 Å². The Morgan fingerprint density at radius 1 is 1.47 bits per heavy atom. The summed E-state index contributed by atoms with van der Waals surface area (Å²) in [5.74, 6) is -0.726. The van der Waals surface area contributed by atoms with Crippen molar-refractivity contribution in [2.75, 3.05) is 18.9 Å². The van der Waals surface area contributed by atoms with Crippen LogP contribution >= 0.6 is 11.3 Å². The van der Waals surface area contributed by atoms with Crippen LogP contribution in [-0.4, -0.2) is 24.5 Å². The first-order valence-electron chi connectivity index (χ1n) is 5.85. The smallest absolute Gasteiger partial charge is 0.253 e. The summed E-state index contributed by atoms with van der Waals surface area (Å²) in [5, 5.41) is 8.32. The van der Waals surface area contributed by atoms with Gasteiger partial charge < -0.3 is 10.6 Å². The van der Waals surface area contributed by atoms with Crippen LogP contribution in [0.25, 0.3) is 0 Å². The van der Waals surface area contributed by atoms with Gasteiger partial charge in [0.05, 0.1) is 16.3 Å². The lowest BCUT2D eigenvalue weighted by molar-refractivity contribution is 0.0954. The Morgan fingerprint density at radius 3 is 3.00 bits per heavy atom. The van der Waals surface area contributed by atoms with Gasteiger partial charge in [-0.05, 0) is 12.1 Å². The van der Waals surface area contributed by atoms with E-state index in [1.807, 2.05) is 5.38 Å². The molecule has 0 radical (unpaired) electrons. The fourth-order valence-electron chi connectivity index (χ4n) is 1.72. The molecule has 0 bridgehead atoms. The maximum atomic E-state index is 13.5. The molecule has 0 saturated carbocycles. The summed E-state index contributed by atoms with van der Waals surface area (Å²) in [6.45, 7) is 0.478. The summed E-state index contributed by atoms with van der Waals surface area (Å²) < 4.78 is 13.5. The van der Waals surface area contributed by atoms with E-state index in [1.165, 1.54) is 12.1 Å². The number of nitrogens with one attached hydrogen (secondary N) is 2. The van der Waals surface area contributed by atoms with Crippen LogP contribution in [0.5, 0.6) is 0 Å². The highest BCUT2D eigenvalue weighted by Crippen LogP contribution is 2.18. The van der Waals surface area contributed by atoms with Crippen LogP contribution in [0.15, 0.2) is 29.8 Å².